The highest BCUT2D eigenvalue weighted by Crippen LogP contribution is 2.29. The van der Waals surface area contributed by atoms with Crippen LogP contribution in [0.4, 0.5) is 5.82 Å². The minimum Gasteiger partial charge on any atom is -0.365 e. The number of fused-ring (bicyclic) bond motifs is 1. The van der Waals surface area contributed by atoms with Crippen LogP contribution in [0.25, 0.3) is 22.2 Å². The molecule has 4 heterocycles. The summed E-state index contributed by atoms with van der Waals surface area (Å²) in [6, 6.07) is 14.7. The number of pyridine rings is 2. The number of nitrogens with one attached hydrogen (secondary N) is 1. The molecule has 0 aliphatic carbocycles. The first kappa shape index (κ1) is 19.3. The fourth-order valence-corrected chi connectivity index (χ4v) is 4.00. The summed E-state index contributed by atoms with van der Waals surface area (Å²) < 4.78 is 0. The van der Waals surface area contributed by atoms with E-state index in [2.05, 4.69) is 54.5 Å². The zero-order chi connectivity index (χ0) is 21.0. The Hall–Kier alpha value is -3.67. The SMILES string of the molecule is Cc1cc(-c2ccc(CNc3ncnc4ccc(C5CC=NCC5)cc34)cn2)ccn1. The van der Waals surface area contributed by atoms with Crippen LogP contribution in [0.15, 0.2) is 66.2 Å². The second-order valence-electron chi connectivity index (χ2n) is 7.90. The van der Waals surface area contributed by atoms with Gasteiger partial charge in [0.25, 0.3) is 0 Å². The van der Waals surface area contributed by atoms with Gasteiger partial charge in [0.1, 0.15) is 12.1 Å². The number of benzene rings is 1. The van der Waals surface area contributed by atoms with Crippen LogP contribution in [0.5, 0.6) is 0 Å². The molecule has 6 heteroatoms. The van der Waals surface area contributed by atoms with E-state index < -0.39 is 0 Å². The standard InChI is InChI=1S/C25H24N6/c1-17-12-21(8-11-27-17)23-4-2-18(14-28-23)15-29-25-22-13-20(19-6-9-26-10-7-19)3-5-24(22)30-16-31-25/h2-5,8-9,11-14,16,19H,6-7,10,15H2,1H3,(H,29,30,31). The minimum absolute atomic E-state index is 0.517. The summed E-state index contributed by atoms with van der Waals surface area (Å²) in [4.78, 5) is 22.2. The molecule has 1 atom stereocenters. The Labute approximate surface area is 181 Å². The second kappa shape index (κ2) is 8.60. The summed E-state index contributed by atoms with van der Waals surface area (Å²) in [7, 11) is 0. The number of rotatable bonds is 5. The Morgan fingerprint density at radius 1 is 1.00 bits per heavy atom. The summed E-state index contributed by atoms with van der Waals surface area (Å²) >= 11 is 0. The lowest BCUT2D eigenvalue weighted by molar-refractivity contribution is 0.638. The average Bonchev–Trinajstić information content (AvgIpc) is 2.83. The van der Waals surface area contributed by atoms with Crippen molar-refractivity contribution in [1.82, 2.24) is 19.9 Å². The van der Waals surface area contributed by atoms with Crippen LogP contribution in [0.2, 0.25) is 0 Å². The summed E-state index contributed by atoms with van der Waals surface area (Å²) in [6.07, 6.45) is 9.48. The van der Waals surface area contributed by atoms with E-state index in [-0.39, 0.29) is 0 Å². The van der Waals surface area contributed by atoms with Crippen LogP contribution < -0.4 is 5.32 Å². The van der Waals surface area contributed by atoms with Gasteiger partial charge in [-0.3, -0.25) is 15.0 Å². The maximum atomic E-state index is 4.63. The Balaban J connectivity index is 1.35. The number of anilines is 1. The molecule has 5 rings (SSSR count). The first-order valence-corrected chi connectivity index (χ1v) is 10.6. The van der Waals surface area contributed by atoms with Crippen molar-refractivity contribution < 1.29 is 0 Å². The molecule has 0 fully saturated rings. The van der Waals surface area contributed by atoms with Crippen LogP contribution in [-0.2, 0) is 6.54 Å². The molecule has 3 aromatic heterocycles. The highest BCUT2D eigenvalue weighted by molar-refractivity contribution is 5.89. The topological polar surface area (TPSA) is 76.0 Å². The van der Waals surface area contributed by atoms with E-state index in [0.29, 0.717) is 12.5 Å². The molecule has 1 N–H and O–H groups in total. The van der Waals surface area contributed by atoms with E-state index in [1.165, 1.54) is 5.56 Å². The first-order chi connectivity index (χ1) is 15.3. The Kier molecular flexibility index (Phi) is 5.35. The number of nitrogens with zero attached hydrogens (tertiary/aromatic N) is 5. The van der Waals surface area contributed by atoms with Crippen molar-refractivity contribution in [2.75, 3.05) is 11.9 Å². The lowest BCUT2D eigenvalue weighted by Crippen LogP contribution is -2.07. The lowest BCUT2D eigenvalue weighted by Gasteiger charge is -2.18. The predicted molar refractivity (Wildman–Crippen MR) is 124 cm³/mol. The molecule has 4 aromatic rings. The summed E-state index contributed by atoms with van der Waals surface area (Å²) in [5.74, 6) is 1.37. The van der Waals surface area contributed by atoms with Crippen molar-refractivity contribution in [2.45, 2.75) is 32.2 Å². The van der Waals surface area contributed by atoms with E-state index in [0.717, 1.165) is 58.6 Å². The summed E-state index contributed by atoms with van der Waals surface area (Å²) in [5.41, 5.74) is 6.39. The highest BCUT2D eigenvalue weighted by Gasteiger charge is 2.15. The number of aliphatic imine (C=N–C) groups is 1. The van der Waals surface area contributed by atoms with Gasteiger partial charge in [-0.25, -0.2) is 9.97 Å². The van der Waals surface area contributed by atoms with Crippen LogP contribution in [0.1, 0.15) is 35.6 Å². The number of aryl methyl sites for hydroxylation is 1. The van der Waals surface area contributed by atoms with Gasteiger partial charge in [-0.1, -0.05) is 12.1 Å². The van der Waals surface area contributed by atoms with E-state index in [1.807, 2.05) is 43.7 Å². The average molecular weight is 409 g/mol. The minimum atomic E-state index is 0.517. The number of hydrogen-bond acceptors (Lipinski definition) is 6. The van der Waals surface area contributed by atoms with Crippen LogP contribution in [0, 0.1) is 6.92 Å². The Morgan fingerprint density at radius 3 is 2.77 bits per heavy atom. The third-order valence-electron chi connectivity index (χ3n) is 5.73. The highest BCUT2D eigenvalue weighted by atomic mass is 15.0. The van der Waals surface area contributed by atoms with Gasteiger partial charge in [0, 0.05) is 42.1 Å². The monoisotopic (exact) mass is 408 g/mol. The van der Waals surface area contributed by atoms with Crippen molar-refractivity contribution in [2.24, 2.45) is 4.99 Å². The van der Waals surface area contributed by atoms with Crippen LogP contribution in [0.3, 0.4) is 0 Å². The van der Waals surface area contributed by atoms with Gasteiger partial charge in [0.15, 0.2) is 0 Å². The molecule has 0 saturated carbocycles. The zero-order valence-corrected chi connectivity index (χ0v) is 17.5. The molecule has 0 amide bonds. The molecule has 6 nitrogen and oxygen atoms in total. The Morgan fingerprint density at radius 2 is 1.97 bits per heavy atom. The maximum Gasteiger partial charge on any atom is 0.137 e. The molecule has 154 valence electrons. The van der Waals surface area contributed by atoms with E-state index in [9.17, 15) is 0 Å². The van der Waals surface area contributed by atoms with Crippen molar-refractivity contribution in [3.8, 4) is 11.3 Å². The quantitative estimate of drug-likeness (QED) is 0.505. The van der Waals surface area contributed by atoms with Gasteiger partial charge in [-0.2, -0.15) is 0 Å². The fraction of sp³-hybridized carbons (Fsp3) is 0.240. The van der Waals surface area contributed by atoms with Gasteiger partial charge in [0.2, 0.25) is 0 Å². The largest absolute Gasteiger partial charge is 0.365 e. The fourth-order valence-electron chi connectivity index (χ4n) is 4.00. The molecular weight excluding hydrogens is 384 g/mol. The van der Waals surface area contributed by atoms with Crippen LogP contribution in [-0.4, -0.2) is 32.7 Å². The predicted octanol–water partition coefficient (Wildman–Crippen LogP) is 4.96. The smallest absolute Gasteiger partial charge is 0.137 e. The van der Waals surface area contributed by atoms with Crippen molar-refractivity contribution in [1.29, 1.82) is 0 Å². The molecule has 0 saturated heterocycles. The van der Waals surface area contributed by atoms with Crippen molar-refractivity contribution in [3.63, 3.8) is 0 Å². The van der Waals surface area contributed by atoms with Crippen LogP contribution >= 0.6 is 0 Å². The lowest BCUT2D eigenvalue weighted by atomic mass is 9.91. The van der Waals surface area contributed by atoms with E-state index in [1.54, 1.807) is 6.33 Å². The van der Waals surface area contributed by atoms with E-state index in [4.69, 9.17) is 0 Å². The maximum absolute atomic E-state index is 4.63. The van der Waals surface area contributed by atoms with E-state index >= 15 is 0 Å². The first-order valence-electron chi connectivity index (χ1n) is 10.6. The van der Waals surface area contributed by atoms with Gasteiger partial charge < -0.3 is 5.32 Å². The second-order valence-corrected chi connectivity index (χ2v) is 7.90. The molecule has 31 heavy (non-hydrogen) atoms. The molecule has 1 aliphatic heterocycles. The molecule has 0 spiro atoms. The normalized spacial score (nSPS) is 15.8. The number of aromatic nitrogens is 4. The van der Waals surface area contributed by atoms with Crippen molar-refractivity contribution in [3.05, 3.63) is 78.0 Å². The van der Waals surface area contributed by atoms with Gasteiger partial charge >= 0.3 is 0 Å². The molecule has 0 bridgehead atoms. The van der Waals surface area contributed by atoms with Gasteiger partial charge in [-0.05, 0) is 73.4 Å². The Bertz CT molecular complexity index is 1230. The molecule has 0 radical (unpaired) electrons. The molecule has 1 unspecified atom stereocenters. The van der Waals surface area contributed by atoms with Gasteiger partial charge in [0.05, 0.1) is 11.2 Å². The summed E-state index contributed by atoms with van der Waals surface area (Å²) in [6.45, 7) is 3.54. The third kappa shape index (κ3) is 4.28. The van der Waals surface area contributed by atoms with Gasteiger partial charge in [-0.15, -0.1) is 0 Å². The molecule has 1 aromatic carbocycles. The molecule has 1 aliphatic rings. The third-order valence-corrected chi connectivity index (χ3v) is 5.73. The summed E-state index contributed by atoms with van der Waals surface area (Å²) in [5, 5.41) is 4.53. The van der Waals surface area contributed by atoms with Crippen molar-refractivity contribution >= 4 is 22.9 Å². The zero-order valence-electron chi connectivity index (χ0n) is 17.5. The molecular formula is C25H24N6. The number of hydrogen-bond donors (Lipinski definition) is 1.